The second-order valence-electron chi connectivity index (χ2n) is 6.11. The van der Waals surface area contributed by atoms with Crippen LogP contribution >= 0.6 is 12.4 Å². The number of hydrogen-bond acceptors (Lipinski definition) is 6. The maximum absolute atomic E-state index is 12.4. The number of nitrogens with zero attached hydrogens (tertiary/aromatic N) is 1. The standard InChI is InChI=1S/C17H27N3O5S.ClH/c1-18-12-13-5-4-10-20(13)17(21)8-9-19-26(22,23)14-6-7-15(24-2)16(11-14)25-3;/h6-7,11,13,18-19H,4-5,8-10,12H2,1-3H3;1H. The Morgan fingerprint density at radius 1 is 1.26 bits per heavy atom. The third kappa shape index (κ3) is 5.97. The van der Waals surface area contributed by atoms with Gasteiger partial charge in [-0.3, -0.25) is 4.79 Å². The fourth-order valence-electron chi connectivity index (χ4n) is 3.11. The van der Waals surface area contributed by atoms with Gasteiger partial charge in [0.05, 0.1) is 19.1 Å². The van der Waals surface area contributed by atoms with Crippen molar-refractivity contribution in [1.29, 1.82) is 0 Å². The number of amides is 1. The molecule has 0 radical (unpaired) electrons. The lowest BCUT2D eigenvalue weighted by Crippen LogP contribution is -2.42. The van der Waals surface area contributed by atoms with E-state index in [0.29, 0.717) is 11.5 Å². The van der Waals surface area contributed by atoms with Gasteiger partial charge in [-0.15, -0.1) is 12.4 Å². The molecule has 0 spiro atoms. The van der Waals surface area contributed by atoms with E-state index in [-0.39, 0.29) is 42.2 Å². The number of rotatable bonds is 9. The second kappa shape index (κ2) is 10.7. The zero-order valence-electron chi connectivity index (χ0n) is 15.9. The molecule has 27 heavy (non-hydrogen) atoms. The SMILES string of the molecule is CNCC1CCCN1C(=O)CCNS(=O)(=O)c1ccc(OC)c(OC)c1.Cl. The number of halogens is 1. The molecular formula is C17H28ClN3O5S. The van der Waals surface area contributed by atoms with Crippen LogP contribution in [0.4, 0.5) is 0 Å². The first-order chi connectivity index (χ1) is 12.4. The van der Waals surface area contributed by atoms with Gasteiger partial charge in [0.25, 0.3) is 0 Å². The van der Waals surface area contributed by atoms with Crippen molar-refractivity contribution in [1.82, 2.24) is 14.9 Å². The molecule has 1 fully saturated rings. The monoisotopic (exact) mass is 421 g/mol. The number of hydrogen-bond donors (Lipinski definition) is 2. The molecule has 1 aromatic rings. The third-order valence-electron chi connectivity index (χ3n) is 4.43. The van der Waals surface area contributed by atoms with Crippen molar-refractivity contribution in [3.8, 4) is 11.5 Å². The predicted octanol–water partition coefficient (Wildman–Crippen LogP) is 1.00. The van der Waals surface area contributed by atoms with E-state index in [1.54, 1.807) is 0 Å². The highest BCUT2D eigenvalue weighted by molar-refractivity contribution is 7.89. The molecule has 1 aromatic carbocycles. The maximum atomic E-state index is 12.4. The van der Waals surface area contributed by atoms with Gasteiger partial charge in [-0.25, -0.2) is 13.1 Å². The fourth-order valence-corrected chi connectivity index (χ4v) is 4.16. The second-order valence-corrected chi connectivity index (χ2v) is 7.87. The lowest BCUT2D eigenvalue weighted by Gasteiger charge is -2.24. The van der Waals surface area contributed by atoms with Crippen molar-refractivity contribution in [2.75, 3.05) is 40.9 Å². The summed E-state index contributed by atoms with van der Waals surface area (Å²) < 4.78 is 37.6. The number of methoxy groups -OCH3 is 2. The van der Waals surface area contributed by atoms with E-state index >= 15 is 0 Å². The van der Waals surface area contributed by atoms with Gasteiger partial charge in [0.2, 0.25) is 15.9 Å². The van der Waals surface area contributed by atoms with Gasteiger partial charge < -0.3 is 19.7 Å². The lowest BCUT2D eigenvalue weighted by molar-refractivity contribution is -0.131. The highest BCUT2D eigenvalue weighted by Crippen LogP contribution is 2.29. The Balaban J connectivity index is 0.00000364. The van der Waals surface area contributed by atoms with Gasteiger partial charge in [-0.05, 0) is 32.0 Å². The number of benzene rings is 1. The zero-order chi connectivity index (χ0) is 19.2. The normalized spacial score (nSPS) is 16.7. The van der Waals surface area contributed by atoms with Crippen LogP contribution in [0.2, 0.25) is 0 Å². The van der Waals surface area contributed by atoms with E-state index in [2.05, 4.69) is 10.0 Å². The molecule has 10 heteroatoms. The number of sulfonamides is 1. The first kappa shape index (κ1) is 23.5. The average molecular weight is 422 g/mol. The Labute approximate surface area is 167 Å². The van der Waals surface area contributed by atoms with Gasteiger partial charge in [0.1, 0.15) is 0 Å². The Morgan fingerprint density at radius 2 is 1.96 bits per heavy atom. The van der Waals surface area contributed by atoms with Crippen molar-refractivity contribution in [3.05, 3.63) is 18.2 Å². The minimum absolute atomic E-state index is 0. The van der Waals surface area contributed by atoms with E-state index in [1.807, 2.05) is 11.9 Å². The van der Waals surface area contributed by atoms with Crippen LogP contribution in [0.25, 0.3) is 0 Å². The predicted molar refractivity (Wildman–Crippen MR) is 105 cm³/mol. The summed E-state index contributed by atoms with van der Waals surface area (Å²) in [6.07, 6.45) is 2.09. The molecule has 2 rings (SSSR count). The third-order valence-corrected chi connectivity index (χ3v) is 5.89. The molecule has 154 valence electrons. The summed E-state index contributed by atoms with van der Waals surface area (Å²) in [7, 11) is 1.05. The van der Waals surface area contributed by atoms with Gasteiger partial charge in [0, 0.05) is 38.2 Å². The fraction of sp³-hybridized carbons (Fsp3) is 0.588. The van der Waals surface area contributed by atoms with Crippen LogP contribution in [0, 0.1) is 0 Å². The topological polar surface area (TPSA) is 97.0 Å². The summed E-state index contributed by atoms with van der Waals surface area (Å²) in [4.78, 5) is 14.3. The number of carbonyl (C=O) groups is 1. The van der Waals surface area contributed by atoms with Crippen molar-refractivity contribution in [2.24, 2.45) is 0 Å². The van der Waals surface area contributed by atoms with E-state index < -0.39 is 10.0 Å². The molecule has 1 amide bonds. The van der Waals surface area contributed by atoms with E-state index in [4.69, 9.17) is 9.47 Å². The Morgan fingerprint density at radius 3 is 2.59 bits per heavy atom. The smallest absolute Gasteiger partial charge is 0.240 e. The van der Waals surface area contributed by atoms with Crippen LogP contribution in [-0.4, -0.2) is 66.2 Å². The Bertz CT molecular complexity index is 729. The molecule has 1 aliphatic heterocycles. The van der Waals surface area contributed by atoms with E-state index in [1.165, 1.54) is 32.4 Å². The largest absolute Gasteiger partial charge is 0.493 e. The number of carbonyl (C=O) groups excluding carboxylic acids is 1. The molecule has 0 aliphatic carbocycles. The molecule has 1 heterocycles. The minimum atomic E-state index is -3.73. The minimum Gasteiger partial charge on any atom is -0.493 e. The summed E-state index contributed by atoms with van der Waals surface area (Å²) in [5.74, 6) is 0.752. The quantitative estimate of drug-likeness (QED) is 0.617. The summed E-state index contributed by atoms with van der Waals surface area (Å²) in [6.45, 7) is 1.54. The van der Waals surface area contributed by atoms with Crippen LogP contribution in [0.15, 0.2) is 23.1 Å². The molecule has 0 saturated carbocycles. The highest BCUT2D eigenvalue weighted by Gasteiger charge is 2.28. The van der Waals surface area contributed by atoms with Crippen LogP contribution < -0.4 is 19.5 Å². The molecule has 1 aliphatic rings. The van der Waals surface area contributed by atoms with E-state index in [9.17, 15) is 13.2 Å². The lowest BCUT2D eigenvalue weighted by atomic mass is 10.2. The van der Waals surface area contributed by atoms with Gasteiger partial charge >= 0.3 is 0 Å². The average Bonchev–Trinajstić information content (AvgIpc) is 3.09. The number of nitrogens with one attached hydrogen (secondary N) is 2. The van der Waals surface area contributed by atoms with Gasteiger partial charge in [-0.2, -0.15) is 0 Å². The van der Waals surface area contributed by atoms with Crippen LogP contribution in [-0.2, 0) is 14.8 Å². The van der Waals surface area contributed by atoms with E-state index in [0.717, 1.165) is 25.9 Å². The van der Waals surface area contributed by atoms with Crippen LogP contribution in [0.5, 0.6) is 11.5 Å². The first-order valence-corrected chi connectivity index (χ1v) is 10.1. The van der Waals surface area contributed by atoms with Crippen molar-refractivity contribution >= 4 is 28.3 Å². The Hall–Kier alpha value is -1.55. The summed E-state index contributed by atoms with van der Waals surface area (Å²) in [5, 5.41) is 3.09. The molecule has 2 N–H and O–H groups in total. The molecule has 8 nitrogen and oxygen atoms in total. The number of ether oxygens (including phenoxy) is 2. The van der Waals surface area contributed by atoms with Crippen LogP contribution in [0.1, 0.15) is 19.3 Å². The first-order valence-electron chi connectivity index (χ1n) is 8.58. The zero-order valence-corrected chi connectivity index (χ0v) is 17.5. The number of likely N-dealkylation sites (N-methyl/N-ethyl adjacent to an activating group) is 1. The molecular weight excluding hydrogens is 394 g/mol. The van der Waals surface area contributed by atoms with Crippen molar-refractivity contribution < 1.29 is 22.7 Å². The van der Waals surface area contributed by atoms with Gasteiger partial charge in [-0.1, -0.05) is 0 Å². The molecule has 0 aromatic heterocycles. The maximum Gasteiger partial charge on any atom is 0.240 e. The summed E-state index contributed by atoms with van der Waals surface area (Å²) >= 11 is 0. The van der Waals surface area contributed by atoms with Crippen molar-refractivity contribution in [3.63, 3.8) is 0 Å². The molecule has 1 saturated heterocycles. The van der Waals surface area contributed by atoms with Crippen LogP contribution in [0.3, 0.4) is 0 Å². The molecule has 1 atom stereocenters. The van der Waals surface area contributed by atoms with Gasteiger partial charge in [0.15, 0.2) is 11.5 Å². The number of likely N-dealkylation sites (tertiary alicyclic amines) is 1. The molecule has 0 bridgehead atoms. The Kier molecular flexibility index (Phi) is 9.31. The van der Waals surface area contributed by atoms with Crippen molar-refractivity contribution in [2.45, 2.75) is 30.2 Å². The summed E-state index contributed by atoms with van der Waals surface area (Å²) in [5.41, 5.74) is 0. The highest BCUT2D eigenvalue weighted by atomic mass is 35.5. The summed E-state index contributed by atoms with van der Waals surface area (Å²) in [6, 6.07) is 4.56. The molecule has 1 unspecified atom stereocenters.